The number of hydrogen-bond donors (Lipinski definition) is 1. The summed E-state index contributed by atoms with van der Waals surface area (Å²) in [4.78, 5) is 13.4. The predicted octanol–water partition coefficient (Wildman–Crippen LogP) is 1.34. The van der Waals surface area contributed by atoms with E-state index in [1.807, 2.05) is 4.90 Å². The van der Waals surface area contributed by atoms with Crippen LogP contribution in [0.3, 0.4) is 0 Å². The molecule has 0 spiro atoms. The summed E-state index contributed by atoms with van der Waals surface area (Å²) in [5, 5.41) is 3.64. The van der Waals surface area contributed by atoms with Gasteiger partial charge in [0.05, 0.1) is 0 Å². The third-order valence-electron chi connectivity index (χ3n) is 2.29. The van der Waals surface area contributed by atoms with Gasteiger partial charge < -0.3 is 10.2 Å². The van der Waals surface area contributed by atoms with Gasteiger partial charge in [-0.05, 0) is 12.8 Å². The highest BCUT2D eigenvalue weighted by molar-refractivity contribution is 6.29. The van der Waals surface area contributed by atoms with Crippen molar-refractivity contribution in [1.29, 1.82) is 0 Å². The molecule has 0 aromatic heterocycles. The molecule has 0 atom stereocenters. The molecule has 0 unspecified atom stereocenters. The Bertz CT molecular complexity index is 212. The van der Waals surface area contributed by atoms with Gasteiger partial charge in [-0.1, -0.05) is 18.2 Å². The summed E-state index contributed by atoms with van der Waals surface area (Å²) in [6.07, 6.45) is 2.86. The largest absolute Gasteiger partial charge is 0.343 e. The Morgan fingerprint density at radius 1 is 1.43 bits per heavy atom. The number of nitrogens with one attached hydrogen (secondary N) is 1. The standard InChI is InChI=1S/C10H17ClN2O/c1-9(11)8-12-5-4-10(14)13-6-2-3-7-13/h12H,1-8H2. The fourth-order valence-corrected chi connectivity index (χ4v) is 1.64. The highest BCUT2D eigenvalue weighted by Gasteiger charge is 2.16. The molecule has 1 amide bonds. The first-order chi connectivity index (χ1) is 6.70. The summed E-state index contributed by atoms with van der Waals surface area (Å²) in [7, 11) is 0. The molecule has 0 radical (unpaired) electrons. The van der Waals surface area contributed by atoms with Crippen molar-refractivity contribution in [2.24, 2.45) is 0 Å². The number of carbonyl (C=O) groups is 1. The van der Waals surface area contributed by atoms with Crippen LogP contribution in [0.4, 0.5) is 0 Å². The molecule has 1 aliphatic heterocycles. The van der Waals surface area contributed by atoms with Gasteiger partial charge in [-0.25, -0.2) is 0 Å². The lowest BCUT2D eigenvalue weighted by Crippen LogP contribution is -2.30. The summed E-state index contributed by atoms with van der Waals surface area (Å²) in [6.45, 7) is 6.68. The lowest BCUT2D eigenvalue weighted by atomic mass is 10.3. The fraction of sp³-hybridized carbons (Fsp3) is 0.700. The maximum absolute atomic E-state index is 11.5. The highest BCUT2D eigenvalue weighted by atomic mass is 35.5. The van der Waals surface area contributed by atoms with E-state index in [9.17, 15) is 4.79 Å². The van der Waals surface area contributed by atoms with Crippen LogP contribution in [0.25, 0.3) is 0 Å². The van der Waals surface area contributed by atoms with E-state index in [-0.39, 0.29) is 5.91 Å². The van der Waals surface area contributed by atoms with Crippen LogP contribution < -0.4 is 5.32 Å². The molecule has 1 fully saturated rings. The second kappa shape index (κ2) is 6.04. The van der Waals surface area contributed by atoms with Crippen LogP contribution in [-0.2, 0) is 4.79 Å². The molecule has 0 aliphatic carbocycles. The van der Waals surface area contributed by atoms with Crippen LogP contribution in [0.2, 0.25) is 0 Å². The third-order valence-corrected chi connectivity index (χ3v) is 2.42. The van der Waals surface area contributed by atoms with E-state index in [0.717, 1.165) is 25.9 Å². The summed E-state index contributed by atoms with van der Waals surface area (Å²) in [5.74, 6) is 0.246. The van der Waals surface area contributed by atoms with E-state index in [1.165, 1.54) is 0 Å². The van der Waals surface area contributed by atoms with E-state index in [1.54, 1.807) is 0 Å². The normalized spacial score (nSPS) is 15.9. The van der Waals surface area contributed by atoms with E-state index < -0.39 is 0 Å². The minimum Gasteiger partial charge on any atom is -0.343 e. The molecule has 1 rings (SSSR count). The van der Waals surface area contributed by atoms with Gasteiger partial charge in [0.2, 0.25) is 5.91 Å². The zero-order chi connectivity index (χ0) is 10.4. The Labute approximate surface area is 90.1 Å². The molecule has 1 aliphatic rings. The molecular formula is C10H17ClN2O. The van der Waals surface area contributed by atoms with Crippen molar-refractivity contribution in [3.05, 3.63) is 11.6 Å². The number of hydrogen-bond acceptors (Lipinski definition) is 2. The van der Waals surface area contributed by atoms with E-state index in [0.29, 0.717) is 24.5 Å². The fourth-order valence-electron chi connectivity index (χ4n) is 1.54. The van der Waals surface area contributed by atoms with Gasteiger partial charge in [-0.15, -0.1) is 0 Å². The number of halogens is 1. The number of carbonyl (C=O) groups excluding carboxylic acids is 1. The van der Waals surface area contributed by atoms with Gasteiger partial charge in [-0.3, -0.25) is 4.79 Å². The summed E-state index contributed by atoms with van der Waals surface area (Å²) in [6, 6.07) is 0. The van der Waals surface area contributed by atoms with E-state index >= 15 is 0 Å². The van der Waals surface area contributed by atoms with Crippen molar-refractivity contribution < 1.29 is 4.79 Å². The first kappa shape index (κ1) is 11.5. The molecule has 3 nitrogen and oxygen atoms in total. The Morgan fingerprint density at radius 2 is 2.07 bits per heavy atom. The lowest BCUT2D eigenvalue weighted by molar-refractivity contribution is -0.130. The Hall–Kier alpha value is -0.540. The number of nitrogens with zero attached hydrogens (tertiary/aromatic N) is 1. The highest BCUT2D eigenvalue weighted by Crippen LogP contribution is 2.08. The van der Waals surface area contributed by atoms with E-state index in [4.69, 9.17) is 11.6 Å². The lowest BCUT2D eigenvalue weighted by Gasteiger charge is -2.14. The molecule has 1 heterocycles. The summed E-state index contributed by atoms with van der Waals surface area (Å²) >= 11 is 5.57. The zero-order valence-corrected chi connectivity index (χ0v) is 9.15. The van der Waals surface area contributed by atoms with Crippen molar-refractivity contribution in [3.8, 4) is 0 Å². The second-order valence-electron chi connectivity index (χ2n) is 3.53. The van der Waals surface area contributed by atoms with Gasteiger partial charge in [0.25, 0.3) is 0 Å². The SMILES string of the molecule is C=C(Cl)CNCCC(=O)N1CCCC1. The molecule has 14 heavy (non-hydrogen) atoms. The predicted molar refractivity (Wildman–Crippen MR) is 58.3 cm³/mol. The smallest absolute Gasteiger partial charge is 0.223 e. The molecule has 1 saturated heterocycles. The Kier molecular flexibility index (Phi) is 4.98. The maximum Gasteiger partial charge on any atom is 0.223 e. The molecule has 0 saturated carbocycles. The third kappa shape index (κ3) is 4.11. The van der Waals surface area contributed by atoms with Crippen LogP contribution in [-0.4, -0.2) is 37.0 Å². The number of amides is 1. The zero-order valence-electron chi connectivity index (χ0n) is 8.39. The maximum atomic E-state index is 11.5. The van der Waals surface area contributed by atoms with Crippen LogP contribution >= 0.6 is 11.6 Å². The topological polar surface area (TPSA) is 32.3 Å². The van der Waals surface area contributed by atoms with Crippen molar-refractivity contribution in [1.82, 2.24) is 10.2 Å². The number of likely N-dealkylation sites (tertiary alicyclic amines) is 1. The van der Waals surface area contributed by atoms with Crippen LogP contribution in [0.5, 0.6) is 0 Å². The second-order valence-corrected chi connectivity index (χ2v) is 4.07. The number of rotatable bonds is 5. The quantitative estimate of drug-likeness (QED) is 0.704. The average Bonchev–Trinajstić information content (AvgIpc) is 2.64. The minimum absolute atomic E-state index is 0.246. The van der Waals surface area contributed by atoms with Crippen molar-refractivity contribution in [2.45, 2.75) is 19.3 Å². The Balaban J connectivity index is 2.05. The molecule has 0 aromatic rings. The van der Waals surface area contributed by atoms with Crippen LogP contribution in [0, 0.1) is 0 Å². The summed E-state index contributed by atoms with van der Waals surface area (Å²) in [5.41, 5.74) is 0. The van der Waals surface area contributed by atoms with Gasteiger partial charge in [0, 0.05) is 37.6 Å². The van der Waals surface area contributed by atoms with Crippen molar-refractivity contribution in [3.63, 3.8) is 0 Å². The van der Waals surface area contributed by atoms with Gasteiger partial charge in [-0.2, -0.15) is 0 Å². The minimum atomic E-state index is 0.246. The van der Waals surface area contributed by atoms with Gasteiger partial charge >= 0.3 is 0 Å². The molecule has 0 bridgehead atoms. The average molecular weight is 217 g/mol. The van der Waals surface area contributed by atoms with Crippen LogP contribution in [0.15, 0.2) is 11.6 Å². The van der Waals surface area contributed by atoms with Crippen molar-refractivity contribution >= 4 is 17.5 Å². The molecular weight excluding hydrogens is 200 g/mol. The summed E-state index contributed by atoms with van der Waals surface area (Å²) < 4.78 is 0. The molecule has 4 heteroatoms. The molecule has 0 aromatic carbocycles. The molecule has 1 N–H and O–H groups in total. The van der Waals surface area contributed by atoms with Gasteiger partial charge in [0.1, 0.15) is 0 Å². The molecule has 80 valence electrons. The van der Waals surface area contributed by atoms with Crippen LogP contribution in [0.1, 0.15) is 19.3 Å². The Morgan fingerprint density at radius 3 is 2.64 bits per heavy atom. The first-order valence-electron chi connectivity index (χ1n) is 5.02. The van der Waals surface area contributed by atoms with E-state index in [2.05, 4.69) is 11.9 Å². The van der Waals surface area contributed by atoms with Gasteiger partial charge in [0.15, 0.2) is 0 Å². The monoisotopic (exact) mass is 216 g/mol. The van der Waals surface area contributed by atoms with Crippen molar-refractivity contribution in [2.75, 3.05) is 26.2 Å². The first-order valence-corrected chi connectivity index (χ1v) is 5.39.